The van der Waals surface area contributed by atoms with E-state index in [9.17, 15) is 4.79 Å². The first kappa shape index (κ1) is 14.8. The van der Waals surface area contributed by atoms with Crippen LogP contribution >= 0.6 is 0 Å². The van der Waals surface area contributed by atoms with E-state index in [4.69, 9.17) is 5.73 Å². The molecular formula is C15H24N4O. The molecule has 5 heteroatoms. The van der Waals surface area contributed by atoms with Crippen molar-refractivity contribution >= 4 is 11.7 Å². The zero-order valence-electron chi connectivity index (χ0n) is 12.1. The van der Waals surface area contributed by atoms with Gasteiger partial charge in [-0.2, -0.15) is 0 Å². The van der Waals surface area contributed by atoms with Gasteiger partial charge in [-0.25, -0.2) is 4.98 Å². The Morgan fingerprint density at radius 3 is 2.90 bits per heavy atom. The molecule has 0 spiro atoms. The van der Waals surface area contributed by atoms with Gasteiger partial charge < -0.3 is 11.1 Å². The summed E-state index contributed by atoms with van der Waals surface area (Å²) in [5.41, 5.74) is 6.50. The van der Waals surface area contributed by atoms with Gasteiger partial charge in [-0.15, -0.1) is 0 Å². The van der Waals surface area contributed by atoms with Crippen LogP contribution in [0.25, 0.3) is 0 Å². The molecule has 1 saturated heterocycles. The Morgan fingerprint density at radius 2 is 2.25 bits per heavy atom. The summed E-state index contributed by atoms with van der Waals surface area (Å²) >= 11 is 0. The highest BCUT2D eigenvalue weighted by Gasteiger charge is 2.21. The van der Waals surface area contributed by atoms with Gasteiger partial charge in [0.15, 0.2) is 0 Å². The summed E-state index contributed by atoms with van der Waals surface area (Å²) in [6.07, 6.45) is 4.46. The minimum atomic E-state index is -0.176. The summed E-state index contributed by atoms with van der Waals surface area (Å²) < 4.78 is 0. The first-order valence-corrected chi connectivity index (χ1v) is 7.37. The van der Waals surface area contributed by atoms with Gasteiger partial charge in [0.05, 0.1) is 0 Å². The first-order valence-electron chi connectivity index (χ1n) is 7.37. The van der Waals surface area contributed by atoms with Gasteiger partial charge in [0, 0.05) is 31.3 Å². The number of primary amides is 1. The van der Waals surface area contributed by atoms with Gasteiger partial charge in [-0.1, -0.05) is 6.07 Å². The SMILES string of the molecule is CCNc1ncccc1CN1CCC(CC(N)=O)CC1. The van der Waals surface area contributed by atoms with Crippen LogP contribution in [-0.2, 0) is 11.3 Å². The molecule has 0 unspecified atom stereocenters. The van der Waals surface area contributed by atoms with Crippen LogP contribution in [-0.4, -0.2) is 35.4 Å². The lowest BCUT2D eigenvalue weighted by Gasteiger charge is -2.31. The third-order valence-electron chi connectivity index (χ3n) is 3.83. The van der Waals surface area contributed by atoms with Crippen LogP contribution in [0.15, 0.2) is 18.3 Å². The summed E-state index contributed by atoms with van der Waals surface area (Å²) in [7, 11) is 0. The number of piperidine rings is 1. The maximum absolute atomic E-state index is 10.9. The predicted octanol–water partition coefficient (Wildman–Crippen LogP) is 1.60. The molecule has 1 aromatic rings. The van der Waals surface area contributed by atoms with E-state index in [0.29, 0.717) is 12.3 Å². The number of hydrogen-bond donors (Lipinski definition) is 2. The topological polar surface area (TPSA) is 71.2 Å². The number of nitrogens with two attached hydrogens (primary N) is 1. The molecule has 2 heterocycles. The van der Waals surface area contributed by atoms with Crippen molar-refractivity contribution in [3.63, 3.8) is 0 Å². The van der Waals surface area contributed by atoms with E-state index in [1.165, 1.54) is 5.56 Å². The number of rotatable bonds is 6. The molecule has 0 aromatic carbocycles. The molecule has 0 saturated carbocycles. The lowest BCUT2D eigenvalue weighted by atomic mass is 9.93. The van der Waals surface area contributed by atoms with Gasteiger partial charge in [-0.3, -0.25) is 9.69 Å². The largest absolute Gasteiger partial charge is 0.370 e. The fourth-order valence-electron chi connectivity index (χ4n) is 2.77. The number of hydrogen-bond acceptors (Lipinski definition) is 4. The molecule has 1 aliphatic heterocycles. The Bertz CT molecular complexity index is 441. The molecule has 1 aromatic heterocycles. The van der Waals surface area contributed by atoms with Crippen LogP contribution in [0.2, 0.25) is 0 Å². The molecule has 0 bridgehead atoms. The Labute approximate surface area is 120 Å². The summed E-state index contributed by atoms with van der Waals surface area (Å²) in [5, 5.41) is 3.30. The molecule has 0 atom stereocenters. The molecular weight excluding hydrogens is 252 g/mol. The number of pyridine rings is 1. The molecule has 0 aliphatic carbocycles. The smallest absolute Gasteiger partial charge is 0.217 e. The molecule has 3 N–H and O–H groups in total. The Kier molecular flexibility index (Phi) is 5.35. The number of nitrogens with zero attached hydrogens (tertiary/aromatic N) is 2. The van der Waals surface area contributed by atoms with Crippen LogP contribution in [0.4, 0.5) is 5.82 Å². The van der Waals surface area contributed by atoms with Crippen LogP contribution in [0.1, 0.15) is 31.7 Å². The summed E-state index contributed by atoms with van der Waals surface area (Å²) in [6, 6.07) is 4.11. The van der Waals surface area contributed by atoms with Crippen molar-refractivity contribution in [3.05, 3.63) is 23.9 Å². The zero-order chi connectivity index (χ0) is 14.4. The second-order valence-electron chi connectivity index (χ2n) is 5.43. The highest BCUT2D eigenvalue weighted by molar-refractivity contribution is 5.73. The normalized spacial score (nSPS) is 17.1. The van der Waals surface area contributed by atoms with E-state index in [2.05, 4.69) is 28.2 Å². The van der Waals surface area contributed by atoms with Crippen molar-refractivity contribution in [2.45, 2.75) is 32.7 Å². The molecule has 1 aliphatic rings. The third kappa shape index (κ3) is 4.20. The van der Waals surface area contributed by atoms with E-state index in [-0.39, 0.29) is 5.91 Å². The minimum absolute atomic E-state index is 0.176. The maximum Gasteiger partial charge on any atom is 0.217 e. The molecule has 110 valence electrons. The number of carbonyl (C=O) groups excluding carboxylic acids is 1. The number of anilines is 1. The fourth-order valence-corrected chi connectivity index (χ4v) is 2.77. The zero-order valence-corrected chi connectivity index (χ0v) is 12.1. The van der Waals surface area contributed by atoms with E-state index < -0.39 is 0 Å². The Balaban J connectivity index is 1.88. The van der Waals surface area contributed by atoms with E-state index in [1.807, 2.05) is 12.3 Å². The average molecular weight is 276 g/mol. The highest BCUT2D eigenvalue weighted by atomic mass is 16.1. The molecule has 2 rings (SSSR count). The van der Waals surface area contributed by atoms with Gasteiger partial charge >= 0.3 is 0 Å². The van der Waals surface area contributed by atoms with Gasteiger partial charge in [0.2, 0.25) is 5.91 Å². The number of amides is 1. The average Bonchev–Trinajstić information content (AvgIpc) is 2.43. The number of nitrogens with one attached hydrogen (secondary N) is 1. The standard InChI is InChI=1S/C15H24N4O/c1-2-17-15-13(4-3-7-18-15)11-19-8-5-12(6-9-19)10-14(16)20/h3-4,7,12H,2,5-6,8-11H2,1H3,(H2,16,20)(H,17,18). The van der Waals surface area contributed by atoms with E-state index in [0.717, 1.165) is 44.8 Å². The number of carbonyl (C=O) groups is 1. The molecule has 1 fully saturated rings. The van der Waals surface area contributed by atoms with Gasteiger partial charge in [-0.05, 0) is 44.8 Å². The summed E-state index contributed by atoms with van der Waals surface area (Å²) in [4.78, 5) is 17.8. The lowest BCUT2D eigenvalue weighted by Crippen LogP contribution is -2.34. The minimum Gasteiger partial charge on any atom is -0.370 e. The monoisotopic (exact) mass is 276 g/mol. The maximum atomic E-state index is 10.9. The van der Waals surface area contributed by atoms with E-state index >= 15 is 0 Å². The highest BCUT2D eigenvalue weighted by Crippen LogP contribution is 2.23. The lowest BCUT2D eigenvalue weighted by molar-refractivity contribution is -0.119. The van der Waals surface area contributed by atoms with Crippen LogP contribution in [0, 0.1) is 5.92 Å². The van der Waals surface area contributed by atoms with Crippen LogP contribution in [0.3, 0.4) is 0 Å². The van der Waals surface area contributed by atoms with Crippen LogP contribution in [0.5, 0.6) is 0 Å². The number of aromatic nitrogens is 1. The number of likely N-dealkylation sites (tertiary alicyclic amines) is 1. The third-order valence-corrected chi connectivity index (χ3v) is 3.83. The second kappa shape index (κ2) is 7.24. The van der Waals surface area contributed by atoms with Gasteiger partial charge in [0.25, 0.3) is 0 Å². The quantitative estimate of drug-likeness (QED) is 0.828. The molecule has 5 nitrogen and oxygen atoms in total. The van der Waals surface area contributed by atoms with Crippen molar-refractivity contribution in [2.75, 3.05) is 25.0 Å². The molecule has 0 radical (unpaired) electrons. The first-order chi connectivity index (χ1) is 9.69. The summed E-state index contributed by atoms with van der Waals surface area (Å²) in [5.74, 6) is 1.27. The Hall–Kier alpha value is -1.62. The van der Waals surface area contributed by atoms with E-state index in [1.54, 1.807) is 0 Å². The van der Waals surface area contributed by atoms with Crippen molar-refractivity contribution < 1.29 is 4.79 Å². The van der Waals surface area contributed by atoms with Crippen LogP contribution < -0.4 is 11.1 Å². The Morgan fingerprint density at radius 1 is 1.50 bits per heavy atom. The van der Waals surface area contributed by atoms with Crippen molar-refractivity contribution in [1.82, 2.24) is 9.88 Å². The second-order valence-corrected chi connectivity index (χ2v) is 5.43. The van der Waals surface area contributed by atoms with Crippen molar-refractivity contribution in [1.29, 1.82) is 0 Å². The van der Waals surface area contributed by atoms with Gasteiger partial charge in [0.1, 0.15) is 5.82 Å². The van der Waals surface area contributed by atoms with Crippen molar-refractivity contribution in [2.24, 2.45) is 11.7 Å². The molecule has 1 amide bonds. The van der Waals surface area contributed by atoms with Crippen molar-refractivity contribution in [3.8, 4) is 0 Å². The fraction of sp³-hybridized carbons (Fsp3) is 0.600. The summed E-state index contributed by atoms with van der Waals surface area (Å²) in [6.45, 7) is 5.93. The molecule has 20 heavy (non-hydrogen) atoms. The predicted molar refractivity (Wildman–Crippen MR) is 80.2 cm³/mol.